The van der Waals surface area contributed by atoms with Gasteiger partial charge in [0.1, 0.15) is 5.92 Å². The summed E-state index contributed by atoms with van der Waals surface area (Å²) in [6.45, 7) is 1.96. The molecule has 0 aliphatic heterocycles. The van der Waals surface area contributed by atoms with Crippen LogP contribution in [-0.4, -0.2) is 18.4 Å². The number of carbonyl (C=O) groups excluding carboxylic acids is 2. The van der Waals surface area contributed by atoms with Gasteiger partial charge in [0.05, 0.1) is 6.61 Å². The Labute approximate surface area is 111 Å². The standard InChI is InChI=1S/C14H15ClO3/c1-2-18-14(17)12(9-6-10-15)13(16)11-7-4-3-5-8-11/h3-8,10,12H,2,9H2,1H3/b10-6-. The number of benzene rings is 1. The number of carbonyl (C=O) groups is 2. The fraction of sp³-hybridized carbons (Fsp3) is 0.286. The van der Waals surface area contributed by atoms with Crippen LogP contribution in [0.2, 0.25) is 0 Å². The van der Waals surface area contributed by atoms with Crippen molar-refractivity contribution in [2.24, 2.45) is 5.92 Å². The normalized spacial score (nSPS) is 12.3. The van der Waals surface area contributed by atoms with Gasteiger partial charge in [0, 0.05) is 11.1 Å². The molecule has 1 rings (SSSR count). The zero-order chi connectivity index (χ0) is 13.4. The minimum atomic E-state index is -0.831. The first kappa shape index (κ1) is 14.5. The average Bonchev–Trinajstić information content (AvgIpc) is 2.40. The largest absolute Gasteiger partial charge is 0.465 e. The van der Waals surface area contributed by atoms with E-state index < -0.39 is 11.9 Å². The van der Waals surface area contributed by atoms with E-state index in [1.807, 2.05) is 6.07 Å². The summed E-state index contributed by atoms with van der Waals surface area (Å²) in [7, 11) is 0. The molecule has 3 nitrogen and oxygen atoms in total. The Balaban J connectivity index is 2.89. The zero-order valence-corrected chi connectivity index (χ0v) is 10.9. The first-order chi connectivity index (χ1) is 8.70. The molecule has 0 heterocycles. The Morgan fingerprint density at radius 2 is 2.00 bits per heavy atom. The molecule has 0 saturated carbocycles. The first-order valence-electron chi connectivity index (χ1n) is 5.71. The number of esters is 1. The van der Waals surface area contributed by atoms with E-state index in [1.54, 1.807) is 37.3 Å². The van der Waals surface area contributed by atoms with Gasteiger partial charge in [-0.25, -0.2) is 0 Å². The van der Waals surface area contributed by atoms with Gasteiger partial charge in [-0.1, -0.05) is 48.0 Å². The lowest BCUT2D eigenvalue weighted by molar-refractivity contribution is -0.146. The molecule has 1 unspecified atom stereocenters. The molecular formula is C14H15ClO3. The fourth-order valence-corrected chi connectivity index (χ4v) is 1.65. The Hall–Kier alpha value is -1.61. The topological polar surface area (TPSA) is 43.4 Å². The average molecular weight is 267 g/mol. The van der Waals surface area contributed by atoms with E-state index >= 15 is 0 Å². The maximum absolute atomic E-state index is 12.2. The Kier molecular flexibility index (Phi) is 6.15. The smallest absolute Gasteiger partial charge is 0.317 e. The molecule has 1 aromatic rings. The van der Waals surface area contributed by atoms with Crippen LogP contribution in [0.15, 0.2) is 41.9 Å². The molecule has 0 aliphatic rings. The van der Waals surface area contributed by atoms with Crippen LogP contribution in [0, 0.1) is 5.92 Å². The van der Waals surface area contributed by atoms with E-state index in [0.29, 0.717) is 5.56 Å². The van der Waals surface area contributed by atoms with Gasteiger partial charge in [0.2, 0.25) is 0 Å². The number of hydrogen-bond donors (Lipinski definition) is 0. The van der Waals surface area contributed by atoms with Gasteiger partial charge in [-0.3, -0.25) is 9.59 Å². The maximum atomic E-state index is 12.2. The molecule has 4 heteroatoms. The lowest BCUT2D eigenvalue weighted by atomic mass is 9.95. The molecule has 0 saturated heterocycles. The molecule has 0 spiro atoms. The summed E-state index contributed by atoms with van der Waals surface area (Å²) in [4.78, 5) is 23.9. The van der Waals surface area contributed by atoms with Crippen LogP contribution in [0.3, 0.4) is 0 Å². The molecule has 0 bridgehead atoms. The zero-order valence-electron chi connectivity index (χ0n) is 10.1. The van der Waals surface area contributed by atoms with Gasteiger partial charge in [-0.15, -0.1) is 0 Å². The van der Waals surface area contributed by atoms with Crippen molar-refractivity contribution in [1.82, 2.24) is 0 Å². The van der Waals surface area contributed by atoms with Crippen LogP contribution >= 0.6 is 11.6 Å². The number of halogens is 1. The van der Waals surface area contributed by atoms with Gasteiger partial charge >= 0.3 is 5.97 Å². The number of ketones is 1. The summed E-state index contributed by atoms with van der Waals surface area (Å²) in [5.41, 5.74) is 1.79. The van der Waals surface area contributed by atoms with Gasteiger partial charge in [-0.2, -0.15) is 0 Å². The summed E-state index contributed by atoms with van der Waals surface area (Å²) in [5, 5.41) is 0. The van der Waals surface area contributed by atoms with Crippen LogP contribution in [0.25, 0.3) is 0 Å². The second-order valence-corrected chi connectivity index (χ2v) is 3.88. The van der Waals surface area contributed by atoms with Gasteiger partial charge in [0.25, 0.3) is 0 Å². The molecule has 0 aliphatic carbocycles. The minimum absolute atomic E-state index is 0.246. The Morgan fingerprint density at radius 3 is 2.56 bits per heavy atom. The lowest BCUT2D eigenvalue weighted by Crippen LogP contribution is -2.26. The highest BCUT2D eigenvalue weighted by molar-refractivity contribution is 6.25. The van der Waals surface area contributed by atoms with E-state index in [0.717, 1.165) is 0 Å². The Bertz CT molecular complexity index is 426. The monoisotopic (exact) mass is 266 g/mol. The molecule has 0 fully saturated rings. The van der Waals surface area contributed by atoms with E-state index in [1.165, 1.54) is 5.54 Å². The summed E-state index contributed by atoms with van der Waals surface area (Å²) >= 11 is 5.43. The van der Waals surface area contributed by atoms with Gasteiger partial charge in [0.15, 0.2) is 5.78 Å². The lowest BCUT2D eigenvalue weighted by Gasteiger charge is -2.12. The predicted octanol–water partition coefficient (Wildman–Crippen LogP) is 3.19. The van der Waals surface area contributed by atoms with E-state index in [-0.39, 0.29) is 18.8 Å². The number of allylic oxidation sites excluding steroid dienone is 1. The molecule has 1 aromatic carbocycles. The van der Waals surface area contributed by atoms with Gasteiger partial charge in [-0.05, 0) is 13.3 Å². The molecule has 18 heavy (non-hydrogen) atoms. The van der Waals surface area contributed by atoms with E-state index in [2.05, 4.69) is 0 Å². The van der Waals surface area contributed by atoms with Crippen molar-refractivity contribution in [3.8, 4) is 0 Å². The summed E-state index contributed by atoms with van der Waals surface area (Å²) in [5.74, 6) is -1.59. The number of hydrogen-bond acceptors (Lipinski definition) is 3. The Morgan fingerprint density at radius 1 is 1.33 bits per heavy atom. The van der Waals surface area contributed by atoms with E-state index in [9.17, 15) is 9.59 Å². The molecule has 0 radical (unpaired) electrons. The second-order valence-electron chi connectivity index (χ2n) is 3.63. The van der Waals surface area contributed by atoms with Crippen LogP contribution < -0.4 is 0 Å². The quantitative estimate of drug-likeness (QED) is 0.451. The molecule has 1 atom stereocenters. The van der Waals surface area contributed by atoms with Crippen molar-refractivity contribution in [1.29, 1.82) is 0 Å². The van der Waals surface area contributed by atoms with Crippen molar-refractivity contribution < 1.29 is 14.3 Å². The summed E-state index contributed by atoms with van der Waals surface area (Å²) < 4.78 is 4.91. The van der Waals surface area contributed by atoms with E-state index in [4.69, 9.17) is 16.3 Å². The van der Waals surface area contributed by atoms with Gasteiger partial charge < -0.3 is 4.74 Å². The maximum Gasteiger partial charge on any atom is 0.317 e. The third-order valence-electron chi connectivity index (χ3n) is 2.41. The molecule has 0 N–H and O–H groups in total. The number of rotatable bonds is 6. The van der Waals surface area contributed by atoms with Crippen LogP contribution in [0.1, 0.15) is 23.7 Å². The number of Topliss-reactive ketones (excluding diaryl/α,β-unsaturated/α-hetero) is 1. The highest BCUT2D eigenvalue weighted by Gasteiger charge is 2.27. The van der Waals surface area contributed by atoms with Crippen molar-refractivity contribution >= 4 is 23.4 Å². The number of ether oxygens (including phenoxy) is 1. The van der Waals surface area contributed by atoms with Crippen molar-refractivity contribution in [3.05, 3.63) is 47.5 Å². The molecule has 96 valence electrons. The summed E-state index contributed by atoms with van der Waals surface area (Å²) in [6.07, 6.45) is 1.82. The highest BCUT2D eigenvalue weighted by Crippen LogP contribution is 2.15. The summed E-state index contributed by atoms with van der Waals surface area (Å²) in [6, 6.07) is 8.69. The third-order valence-corrected chi connectivity index (χ3v) is 2.58. The SMILES string of the molecule is CCOC(=O)C(C/C=C\Cl)C(=O)c1ccccc1. The molecular weight excluding hydrogens is 252 g/mol. The van der Waals surface area contributed by atoms with Crippen molar-refractivity contribution in [2.45, 2.75) is 13.3 Å². The first-order valence-corrected chi connectivity index (χ1v) is 6.15. The molecule has 0 amide bonds. The van der Waals surface area contributed by atoms with Crippen LogP contribution in [-0.2, 0) is 9.53 Å². The fourth-order valence-electron chi connectivity index (χ4n) is 1.54. The highest BCUT2D eigenvalue weighted by atomic mass is 35.5. The van der Waals surface area contributed by atoms with Crippen molar-refractivity contribution in [3.63, 3.8) is 0 Å². The third kappa shape index (κ3) is 4.00. The minimum Gasteiger partial charge on any atom is -0.465 e. The van der Waals surface area contributed by atoms with Crippen LogP contribution in [0.4, 0.5) is 0 Å². The van der Waals surface area contributed by atoms with Crippen molar-refractivity contribution in [2.75, 3.05) is 6.61 Å². The predicted molar refractivity (Wildman–Crippen MR) is 70.5 cm³/mol. The van der Waals surface area contributed by atoms with Crippen LogP contribution in [0.5, 0.6) is 0 Å². The second kappa shape index (κ2) is 7.67. The molecule has 0 aromatic heterocycles.